The number of carbonyl (C=O) groups is 1. The third kappa shape index (κ3) is 6.59. The lowest BCUT2D eigenvalue weighted by Gasteiger charge is -2.22. The molecule has 3 aromatic carbocycles. The zero-order valence-corrected chi connectivity index (χ0v) is 23.1. The molecule has 0 fully saturated rings. The lowest BCUT2D eigenvalue weighted by Crippen LogP contribution is -2.40. The minimum Gasteiger partial charge on any atom is -0.326 e. The summed E-state index contributed by atoms with van der Waals surface area (Å²) in [6.45, 7) is 7.46. The minimum atomic E-state index is -4.04. The van der Waals surface area contributed by atoms with Crippen LogP contribution in [-0.2, 0) is 23.0 Å². The van der Waals surface area contributed by atoms with Crippen LogP contribution < -0.4 is 15.8 Å². The predicted octanol–water partition coefficient (Wildman–Crippen LogP) is 5.03. The van der Waals surface area contributed by atoms with E-state index in [0.29, 0.717) is 29.8 Å². The van der Waals surface area contributed by atoms with Crippen molar-refractivity contribution in [1.29, 1.82) is 0 Å². The van der Waals surface area contributed by atoms with E-state index in [4.69, 9.17) is 5.73 Å². The van der Waals surface area contributed by atoms with E-state index >= 15 is 0 Å². The second-order valence-electron chi connectivity index (χ2n) is 10.2. The van der Waals surface area contributed by atoms with Gasteiger partial charge in [-0.15, -0.1) is 0 Å². The Morgan fingerprint density at radius 2 is 1.77 bits per heavy atom. The van der Waals surface area contributed by atoms with Crippen LogP contribution >= 0.6 is 0 Å². The number of anilines is 1. The second kappa shape index (κ2) is 11.1. The van der Waals surface area contributed by atoms with Gasteiger partial charge in [0.15, 0.2) is 0 Å². The van der Waals surface area contributed by atoms with Crippen molar-refractivity contribution in [1.82, 2.24) is 14.5 Å². The Kier molecular flexibility index (Phi) is 8.01. The van der Waals surface area contributed by atoms with Crippen LogP contribution in [0.1, 0.15) is 49.4 Å². The Hall–Kier alpha value is -3.86. The van der Waals surface area contributed by atoms with Gasteiger partial charge in [0, 0.05) is 23.3 Å². The zero-order chi connectivity index (χ0) is 28.4. The number of rotatable bonds is 8. The van der Waals surface area contributed by atoms with Gasteiger partial charge in [-0.1, -0.05) is 37.3 Å². The first-order chi connectivity index (χ1) is 18.4. The summed E-state index contributed by atoms with van der Waals surface area (Å²) < 4.78 is 45.1. The number of carbonyl (C=O) groups excluding carboxylic acids is 1. The average Bonchev–Trinajstić information content (AvgIpc) is 3.32. The van der Waals surface area contributed by atoms with Gasteiger partial charge in [-0.25, -0.2) is 22.2 Å². The second-order valence-corrected chi connectivity index (χ2v) is 11.8. The van der Waals surface area contributed by atoms with Crippen LogP contribution in [-0.4, -0.2) is 29.6 Å². The fourth-order valence-corrected chi connectivity index (χ4v) is 5.82. The molecule has 0 aliphatic carbocycles. The van der Waals surface area contributed by atoms with Crippen molar-refractivity contribution in [2.45, 2.75) is 51.1 Å². The van der Waals surface area contributed by atoms with E-state index in [1.165, 1.54) is 24.3 Å². The summed E-state index contributed by atoms with van der Waals surface area (Å²) in [5.41, 5.74) is 8.57. The van der Waals surface area contributed by atoms with Crippen LogP contribution in [0, 0.1) is 5.82 Å². The van der Waals surface area contributed by atoms with Crippen molar-refractivity contribution in [2.75, 3.05) is 5.32 Å². The van der Waals surface area contributed by atoms with Crippen LogP contribution in [0.25, 0.3) is 16.8 Å². The summed E-state index contributed by atoms with van der Waals surface area (Å²) in [4.78, 5) is 13.4. The third-order valence-electron chi connectivity index (χ3n) is 5.85. The summed E-state index contributed by atoms with van der Waals surface area (Å²) in [5.74, 6) is -0.957. The zero-order valence-electron chi connectivity index (χ0n) is 22.3. The summed E-state index contributed by atoms with van der Waals surface area (Å²) in [6, 6.07) is 19.4. The normalized spacial score (nSPS) is 11.9. The van der Waals surface area contributed by atoms with Crippen LogP contribution in [0.2, 0.25) is 0 Å². The van der Waals surface area contributed by atoms with Crippen LogP contribution in [0.5, 0.6) is 0 Å². The number of nitrogens with zero attached hydrogens (tertiary/aromatic N) is 2. The molecule has 1 aromatic heterocycles. The lowest BCUT2D eigenvalue weighted by atomic mass is 10.1. The number of hydrogen-bond donors (Lipinski definition) is 3. The number of aromatic nitrogens is 2. The molecule has 39 heavy (non-hydrogen) atoms. The Morgan fingerprint density at radius 1 is 1.03 bits per heavy atom. The molecule has 1 amide bonds. The summed E-state index contributed by atoms with van der Waals surface area (Å²) in [5, 5.41) is 7.38. The predicted molar refractivity (Wildman–Crippen MR) is 151 cm³/mol. The molecule has 0 saturated carbocycles. The Balaban J connectivity index is 1.76. The van der Waals surface area contributed by atoms with Gasteiger partial charge in [-0.05, 0) is 80.8 Å². The maximum atomic E-state index is 14.0. The molecule has 0 saturated heterocycles. The van der Waals surface area contributed by atoms with Gasteiger partial charge in [-0.3, -0.25) is 4.79 Å². The quantitative estimate of drug-likeness (QED) is 0.285. The van der Waals surface area contributed by atoms with E-state index < -0.39 is 27.3 Å². The van der Waals surface area contributed by atoms with Gasteiger partial charge < -0.3 is 11.1 Å². The number of sulfonamides is 1. The van der Waals surface area contributed by atoms with Gasteiger partial charge in [-0.2, -0.15) is 5.10 Å². The largest absolute Gasteiger partial charge is 0.326 e. The molecule has 204 valence electrons. The van der Waals surface area contributed by atoms with Crippen molar-refractivity contribution in [3.8, 4) is 16.8 Å². The molecular formula is C29H32FN5O3S. The van der Waals surface area contributed by atoms with E-state index in [2.05, 4.69) is 15.1 Å². The van der Waals surface area contributed by atoms with Crippen LogP contribution in [0.3, 0.4) is 0 Å². The number of amides is 1. The Morgan fingerprint density at radius 3 is 2.44 bits per heavy atom. The monoisotopic (exact) mass is 549 g/mol. The molecule has 10 heteroatoms. The highest BCUT2D eigenvalue weighted by atomic mass is 32.2. The van der Waals surface area contributed by atoms with Crippen molar-refractivity contribution in [2.24, 2.45) is 5.73 Å². The molecule has 4 rings (SSSR count). The number of benzene rings is 3. The summed E-state index contributed by atoms with van der Waals surface area (Å²) in [7, 11) is -4.04. The average molecular weight is 550 g/mol. The van der Waals surface area contributed by atoms with Gasteiger partial charge >= 0.3 is 0 Å². The third-order valence-corrected chi connectivity index (χ3v) is 7.65. The first-order valence-corrected chi connectivity index (χ1v) is 14.0. The summed E-state index contributed by atoms with van der Waals surface area (Å²) in [6.07, 6.45) is 0.618. The Labute approximate surface area is 228 Å². The van der Waals surface area contributed by atoms with Gasteiger partial charge in [0.25, 0.3) is 5.91 Å². The smallest absolute Gasteiger partial charge is 0.274 e. The molecular weight excluding hydrogens is 517 g/mol. The number of halogens is 1. The fourth-order valence-electron chi connectivity index (χ4n) is 4.15. The molecule has 0 aliphatic rings. The molecule has 0 radical (unpaired) electrons. The van der Waals surface area contributed by atoms with Gasteiger partial charge in [0.05, 0.1) is 16.3 Å². The van der Waals surface area contributed by atoms with E-state index in [1.807, 2.05) is 31.2 Å². The fraction of sp³-hybridized carbons (Fsp3) is 0.241. The van der Waals surface area contributed by atoms with E-state index in [1.54, 1.807) is 49.7 Å². The molecule has 4 aromatic rings. The lowest BCUT2D eigenvalue weighted by molar-refractivity contribution is 0.101. The molecule has 0 bridgehead atoms. The summed E-state index contributed by atoms with van der Waals surface area (Å²) >= 11 is 0. The molecule has 4 N–H and O–H groups in total. The number of hydrogen-bond acceptors (Lipinski definition) is 5. The van der Waals surface area contributed by atoms with Gasteiger partial charge in [0.2, 0.25) is 10.0 Å². The van der Waals surface area contributed by atoms with Crippen LogP contribution in [0.4, 0.5) is 10.1 Å². The number of nitrogens with one attached hydrogen (secondary N) is 2. The number of nitrogens with two attached hydrogens (primary N) is 1. The maximum Gasteiger partial charge on any atom is 0.274 e. The van der Waals surface area contributed by atoms with Crippen molar-refractivity contribution in [3.05, 3.63) is 95.6 Å². The first-order valence-electron chi connectivity index (χ1n) is 12.5. The number of aryl methyl sites for hydroxylation is 1. The maximum absolute atomic E-state index is 14.0. The first kappa shape index (κ1) is 28.2. The van der Waals surface area contributed by atoms with E-state index in [-0.39, 0.29) is 16.3 Å². The topological polar surface area (TPSA) is 119 Å². The molecule has 0 atom stereocenters. The molecule has 8 nitrogen and oxygen atoms in total. The highest BCUT2D eigenvalue weighted by Gasteiger charge is 2.26. The molecule has 1 heterocycles. The standard InChI is InChI=1S/C29H32FN5O3S/c1-5-22-16-26(35(33-22)24-11-6-8-19(14-24)18-31)28(36)32-23-12-13-25(20-9-7-10-21(30)15-20)27(17-23)39(37,38)34-29(2,3)4/h6-17,34H,5,18,31H2,1-4H3,(H,32,36). The SMILES string of the molecule is CCc1cc(C(=O)Nc2ccc(-c3cccc(F)c3)c(S(=O)(=O)NC(C)(C)C)c2)n(-c2cccc(CN)c2)n1. The highest BCUT2D eigenvalue weighted by molar-refractivity contribution is 7.89. The van der Waals surface area contributed by atoms with Crippen molar-refractivity contribution >= 4 is 21.6 Å². The highest BCUT2D eigenvalue weighted by Crippen LogP contribution is 2.31. The van der Waals surface area contributed by atoms with Crippen LogP contribution in [0.15, 0.2) is 77.7 Å². The molecule has 0 spiro atoms. The van der Waals surface area contributed by atoms with E-state index in [9.17, 15) is 17.6 Å². The van der Waals surface area contributed by atoms with Gasteiger partial charge in [0.1, 0.15) is 11.5 Å². The van der Waals surface area contributed by atoms with Crippen molar-refractivity contribution in [3.63, 3.8) is 0 Å². The molecule has 0 unspecified atom stereocenters. The molecule has 0 aliphatic heterocycles. The van der Waals surface area contributed by atoms with E-state index in [0.717, 1.165) is 11.3 Å². The minimum absolute atomic E-state index is 0.0840. The Bertz CT molecular complexity index is 1620. The van der Waals surface area contributed by atoms with Crippen molar-refractivity contribution < 1.29 is 17.6 Å².